The average Bonchev–Trinajstić information content (AvgIpc) is 1.12. The molecule has 0 heterocycles. The van der Waals surface area contributed by atoms with Gasteiger partial charge >= 0.3 is 6.95 Å². The highest BCUT2D eigenvalue weighted by Gasteiger charge is 2.01. The summed E-state index contributed by atoms with van der Waals surface area (Å²) in [4.78, 5) is 14.8. The Balaban J connectivity index is 0. The molecule has 9 heteroatoms. The third-order valence-corrected chi connectivity index (χ3v) is 0. The van der Waals surface area contributed by atoms with Crippen LogP contribution in [-0.2, 0) is 14.7 Å². The molecule has 64 valence electrons. The second-order valence-corrected chi connectivity index (χ2v) is 4.94. The van der Waals surface area contributed by atoms with Crippen LogP contribution in [-0.4, -0.2) is 29.0 Å². The van der Waals surface area contributed by atoms with E-state index in [-0.39, 0.29) is 0 Å². The lowest BCUT2D eigenvalue weighted by atomic mass is 12.0. The molecule has 0 rings (SSSR count). The van der Waals surface area contributed by atoms with Crippen molar-refractivity contribution in [1.29, 1.82) is 0 Å². The molecule has 0 saturated heterocycles. The molecule has 0 aromatic heterocycles. The number of hydrogen-bond donors (Lipinski definition) is 3. The summed E-state index contributed by atoms with van der Waals surface area (Å²) in [6, 6.07) is 0. The minimum atomic E-state index is -4.17. The van der Waals surface area contributed by atoms with Gasteiger partial charge in [0.1, 0.15) is 0 Å². The Labute approximate surface area is 62.5 Å². The van der Waals surface area contributed by atoms with Crippen LogP contribution in [0.3, 0.4) is 0 Å². The van der Waals surface area contributed by atoms with Crippen molar-refractivity contribution in [3.8, 4) is 0 Å². The molecule has 6 nitrogen and oxygen atoms in total. The lowest BCUT2D eigenvalue weighted by molar-refractivity contribution is 0.395. The predicted octanol–water partition coefficient (Wildman–Crippen LogP) is -0.178. The summed E-state index contributed by atoms with van der Waals surface area (Å²) in [5, 5.41) is 0. The van der Waals surface area contributed by atoms with Gasteiger partial charge in [0, 0.05) is 11.2 Å². The quantitative estimate of drug-likeness (QED) is 0.379. The highest BCUT2D eigenvalue weighted by molar-refractivity contribution is 7.85. The van der Waals surface area contributed by atoms with Crippen LogP contribution in [0.25, 0.3) is 0 Å². The topological polar surface area (TPSA) is 112 Å². The summed E-state index contributed by atoms with van der Waals surface area (Å²) >= 11 is 4.20. The van der Waals surface area contributed by atoms with E-state index in [1.165, 1.54) is 0 Å². The Bertz CT molecular complexity index is 196. The van der Waals surface area contributed by atoms with Crippen molar-refractivity contribution in [1.82, 2.24) is 0 Å². The summed E-state index contributed by atoms with van der Waals surface area (Å²) in [5.41, 5.74) is 0. The third-order valence-electron chi connectivity index (χ3n) is 0. The fraction of sp³-hybridized carbons (Fsp3) is 1.00. The maximum Gasteiger partial charge on any atom is 0.419 e. The molecule has 0 aliphatic heterocycles. The number of halogens is 1. The maximum absolute atomic E-state index is 9.19. The van der Waals surface area contributed by atoms with E-state index in [0.29, 0.717) is 6.26 Å². The largest absolute Gasteiger partial charge is 0.419 e. The smallest absolute Gasteiger partial charge is 0.313 e. The molecule has 0 radical (unpaired) electrons. The Morgan fingerprint density at radius 3 is 1.40 bits per heavy atom. The van der Waals surface area contributed by atoms with Crippen molar-refractivity contribution in [3.63, 3.8) is 0 Å². The molecule has 0 aromatic rings. The summed E-state index contributed by atoms with van der Waals surface area (Å²) in [7, 11) is -3.67. The molecule has 0 bridgehead atoms. The zero-order valence-electron chi connectivity index (χ0n) is 4.80. The first-order chi connectivity index (χ1) is 4.00. The van der Waals surface area contributed by atoms with Crippen molar-refractivity contribution in [3.05, 3.63) is 0 Å². The van der Waals surface area contributed by atoms with Crippen LogP contribution < -0.4 is 0 Å². The lowest BCUT2D eigenvalue weighted by Gasteiger charge is -1.80. The standard InChI is InChI=1S/CH4O3S.ClH2O3P/c2*1-5(2,3)4/h1H3,(H,2,3,4);(H2,2,3,4). The predicted molar refractivity (Wildman–Crippen MR) is 35.4 cm³/mol. The molecule has 0 aliphatic rings. The minimum Gasteiger partial charge on any atom is -0.313 e. The van der Waals surface area contributed by atoms with Crippen LogP contribution in [0, 0.1) is 0 Å². The van der Waals surface area contributed by atoms with Gasteiger partial charge in [0.05, 0.1) is 6.26 Å². The molecule has 10 heavy (non-hydrogen) atoms. The van der Waals surface area contributed by atoms with Gasteiger partial charge < -0.3 is 9.79 Å². The summed E-state index contributed by atoms with van der Waals surface area (Å²) in [5.74, 6) is 0. The SMILES string of the molecule is CS(=O)(=O)O.O=P(O)(O)Cl. The first-order valence-electron chi connectivity index (χ1n) is 1.68. The molecule has 0 aromatic carbocycles. The Kier molecular flexibility index (Phi) is 5.55. The molecule has 0 amide bonds. The van der Waals surface area contributed by atoms with E-state index < -0.39 is 17.1 Å². The fourth-order valence-electron chi connectivity index (χ4n) is 0. The second kappa shape index (κ2) is 4.27. The zero-order valence-corrected chi connectivity index (χ0v) is 7.27. The minimum absolute atomic E-state index is 0.715. The van der Waals surface area contributed by atoms with Gasteiger partial charge in [0.15, 0.2) is 0 Å². The van der Waals surface area contributed by atoms with Gasteiger partial charge in [-0.25, -0.2) is 4.57 Å². The molecular formula is CH6ClO6PS. The molecule has 3 N–H and O–H groups in total. The van der Waals surface area contributed by atoms with Crippen molar-refractivity contribution in [2.24, 2.45) is 0 Å². The van der Waals surface area contributed by atoms with Crippen molar-refractivity contribution in [2.45, 2.75) is 0 Å². The first-order valence-corrected chi connectivity index (χ1v) is 6.04. The Morgan fingerprint density at radius 1 is 1.40 bits per heavy atom. The van der Waals surface area contributed by atoms with Crippen molar-refractivity contribution >= 4 is 28.3 Å². The fourth-order valence-corrected chi connectivity index (χ4v) is 0. The van der Waals surface area contributed by atoms with Crippen LogP contribution in [0.2, 0.25) is 0 Å². The van der Waals surface area contributed by atoms with Crippen molar-refractivity contribution < 1.29 is 27.3 Å². The highest BCUT2D eigenvalue weighted by atomic mass is 35.7. The van der Waals surface area contributed by atoms with E-state index >= 15 is 0 Å². The monoisotopic (exact) mass is 212 g/mol. The zero-order chi connectivity index (χ0) is 9.00. The van der Waals surface area contributed by atoms with Gasteiger partial charge in [0.2, 0.25) is 0 Å². The maximum atomic E-state index is 9.19. The van der Waals surface area contributed by atoms with E-state index in [0.717, 1.165) is 0 Å². The summed E-state index contributed by atoms with van der Waals surface area (Å²) in [6.07, 6.45) is 0.715. The third kappa shape index (κ3) is 3680. The van der Waals surface area contributed by atoms with Crippen LogP contribution >= 0.6 is 18.2 Å². The lowest BCUT2D eigenvalue weighted by Crippen LogP contribution is -1.88. The van der Waals surface area contributed by atoms with E-state index in [1.54, 1.807) is 0 Å². The average molecular weight is 213 g/mol. The Hall–Kier alpha value is 0.350. The highest BCUT2D eigenvalue weighted by Crippen LogP contribution is 2.39. The van der Waals surface area contributed by atoms with E-state index in [2.05, 4.69) is 11.2 Å². The van der Waals surface area contributed by atoms with Crippen LogP contribution in [0.1, 0.15) is 0 Å². The molecule has 0 spiro atoms. The normalized spacial score (nSPS) is 11.7. The molecule has 0 unspecified atom stereocenters. The van der Waals surface area contributed by atoms with Crippen LogP contribution in [0.4, 0.5) is 0 Å². The number of hydrogen-bond acceptors (Lipinski definition) is 3. The van der Waals surface area contributed by atoms with E-state index in [4.69, 9.17) is 18.9 Å². The number of rotatable bonds is 0. The van der Waals surface area contributed by atoms with Gasteiger partial charge in [-0.3, -0.25) is 4.55 Å². The molecule has 0 fully saturated rings. The summed E-state index contributed by atoms with van der Waals surface area (Å²) < 4.78 is 35.0. The van der Waals surface area contributed by atoms with Crippen LogP contribution in [0.15, 0.2) is 0 Å². The van der Waals surface area contributed by atoms with E-state index in [1.807, 2.05) is 0 Å². The Morgan fingerprint density at radius 2 is 1.40 bits per heavy atom. The van der Waals surface area contributed by atoms with Gasteiger partial charge in [-0.1, -0.05) is 0 Å². The van der Waals surface area contributed by atoms with Crippen molar-refractivity contribution in [2.75, 3.05) is 6.26 Å². The van der Waals surface area contributed by atoms with Crippen LogP contribution in [0.5, 0.6) is 0 Å². The summed E-state index contributed by atoms with van der Waals surface area (Å²) in [6.45, 7) is -4.17. The van der Waals surface area contributed by atoms with Gasteiger partial charge in [-0.15, -0.1) is 0 Å². The van der Waals surface area contributed by atoms with Gasteiger partial charge in [-0.05, 0) is 0 Å². The molecular weight excluding hydrogens is 206 g/mol. The van der Waals surface area contributed by atoms with E-state index in [9.17, 15) is 8.42 Å². The second-order valence-electron chi connectivity index (χ2n) is 1.21. The molecule has 0 aliphatic carbocycles. The molecule has 0 saturated carbocycles. The van der Waals surface area contributed by atoms with Gasteiger partial charge in [-0.2, -0.15) is 8.42 Å². The molecule has 0 atom stereocenters. The first kappa shape index (κ1) is 13.0. The van der Waals surface area contributed by atoms with Gasteiger partial charge in [0.25, 0.3) is 10.1 Å².